The molecule has 27 heavy (non-hydrogen) atoms. The van der Waals surface area contributed by atoms with E-state index in [-0.39, 0.29) is 17.4 Å². The minimum Gasteiger partial charge on any atom is -0.465 e. The zero-order chi connectivity index (χ0) is 20.3. The number of ether oxygens (including phenoxy) is 1. The third kappa shape index (κ3) is 4.36. The van der Waals surface area contributed by atoms with Crippen molar-refractivity contribution in [2.45, 2.75) is 26.7 Å². The Labute approximate surface area is 163 Å². The lowest BCUT2D eigenvalue weighted by Gasteiger charge is -2.08. The van der Waals surface area contributed by atoms with E-state index in [1.165, 1.54) is 12.0 Å². The van der Waals surface area contributed by atoms with Crippen molar-refractivity contribution in [2.75, 3.05) is 26.5 Å². The van der Waals surface area contributed by atoms with Crippen LogP contribution in [0.15, 0.2) is 24.3 Å². The number of thiophene rings is 1. The van der Waals surface area contributed by atoms with Gasteiger partial charge >= 0.3 is 5.97 Å². The molecule has 0 radical (unpaired) electrons. The number of esters is 1. The highest BCUT2D eigenvalue weighted by molar-refractivity contribution is 7.18. The van der Waals surface area contributed by atoms with Gasteiger partial charge in [-0.05, 0) is 36.1 Å². The number of nitrogens with one attached hydrogen (secondary N) is 1. The molecule has 1 N–H and O–H groups in total. The number of hydrogen-bond acceptors (Lipinski definition) is 5. The van der Waals surface area contributed by atoms with Crippen molar-refractivity contribution in [3.05, 3.63) is 51.4 Å². The molecule has 7 heteroatoms. The second-order valence-corrected chi connectivity index (χ2v) is 7.70. The molecular formula is C20H24N2O4S. The van der Waals surface area contributed by atoms with Crippen molar-refractivity contribution in [3.8, 4) is 0 Å². The van der Waals surface area contributed by atoms with Crippen LogP contribution in [0.1, 0.15) is 61.3 Å². The Morgan fingerprint density at radius 2 is 1.70 bits per heavy atom. The molecule has 0 saturated heterocycles. The van der Waals surface area contributed by atoms with Gasteiger partial charge in [-0.3, -0.25) is 9.59 Å². The van der Waals surface area contributed by atoms with Crippen LogP contribution in [0.5, 0.6) is 0 Å². The monoisotopic (exact) mass is 388 g/mol. The molecule has 0 aliphatic heterocycles. The summed E-state index contributed by atoms with van der Waals surface area (Å²) in [5, 5.41) is 3.06. The highest BCUT2D eigenvalue weighted by Gasteiger charge is 2.27. The van der Waals surface area contributed by atoms with E-state index >= 15 is 0 Å². The smallest absolute Gasteiger partial charge is 0.341 e. The van der Waals surface area contributed by atoms with Crippen molar-refractivity contribution >= 4 is 34.1 Å². The van der Waals surface area contributed by atoms with E-state index in [4.69, 9.17) is 4.74 Å². The second kappa shape index (κ2) is 8.35. The van der Waals surface area contributed by atoms with Gasteiger partial charge in [-0.1, -0.05) is 26.0 Å². The fourth-order valence-electron chi connectivity index (χ4n) is 2.55. The van der Waals surface area contributed by atoms with E-state index in [0.29, 0.717) is 26.9 Å². The number of nitrogens with zero attached hydrogens (tertiary/aromatic N) is 1. The molecule has 0 atom stereocenters. The van der Waals surface area contributed by atoms with Gasteiger partial charge < -0.3 is 15.0 Å². The fourth-order valence-corrected chi connectivity index (χ4v) is 3.76. The summed E-state index contributed by atoms with van der Waals surface area (Å²) in [4.78, 5) is 39.0. The predicted molar refractivity (Wildman–Crippen MR) is 107 cm³/mol. The molecule has 1 aromatic carbocycles. The molecule has 0 aliphatic carbocycles. The lowest BCUT2D eigenvalue weighted by molar-refractivity contribution is 0.0601. The molecule has 144 valence electrons. The van der Waals surface area contributed by atoms with Gasteiger partial charge in [0.15, 0.2) is 0 Å². The second-order valence-electron chi connectivity index (χ2n) is 6.68. The van der Waals surface area contributed by atoms with Gasteiger partial charge in [0.25, 0.3) is 11.8 Å². The molecule has 0 aliphatic rings. The molecule has 0 bridgehead atoms. The van der Waals surface area contributed by atoms with Crippen LogP contribution in [-0.4, -0.2) is 43.9 Å². The molecule has 2 aromatic rings. The van der Waals surface area contributed by atoms with E-state index in [1.54, 1.807) is 33.2 Å². The third-order valence-corrected chi connectivity index (χ3v) is 5.40. The number of hydrogen-bond donors (Lipinski definition) is 1. The number of methoxy groups -OCH3 is 1. The zero-order valence-corrected chi connectivity index (χ0v) is 17.2. The number of anilines is 1. The molecule has 0 spiro atoms. The first kappa shape index (κ1) is 20.6. The summed E-state index contributed by atoms with van der Waals surface area (Å²) in [7, 11) is 4.53. The van der Waals surface area contributed by atoms with Crippen molar-refractivity contribution in [3.63, 3.8) is 0 Å². The predicted octanol–water partition coefficient (Wildman–Crippen LogP) is 3.92. The number of amides is 2. The topological polar surface area (TPSA) is 75.7 Å². The number of benzene rings is 1. The first-order valence-electron chi connectivity index (χ1n) is 8.52. The summed E-state index contributed by atoms with van der Waals surface area (Å²) in [5.74, 6) is -0.801. The van der Waals surface area contributed by atoms with Gasteiger partial charge in [-0.2, -0.15) is 0 Å². The minimum atomic E-state index is -0.591. The maximum absolute atomic E-state index is 12.6. The molecule has 0 unspecified atom stereocenters. The Bertz CT molecular complexity index is 867. The summed E-state index contributed by atoms with van der Waals surface area (Å²) in [6.45, 7) is 5.83. The molecule has 2 amide bonds. The largest absolute Gasteiger partial charge is 0.465 e. The van der Waals surface area contributed by atoms with Crippen LogP contribution >= 0.6 is 11.3 Å². The molecule has 2 rings (SSSR count). The maximum Gasteiger partial charge on any atom is 0.341 e. The van der Waals surface area contributed by atoms with Gasteiger partial charge in [0.2, 0.25) is 0 Å². The standard InChI is InChI=1S/C20H24N2O4S/c1-11(2)13-7-9-14(10-8-13)17(23)21-18-15(20(25)26-6)12(3)16(27-18)19(24)22(4)5/h7-11H,1-6H3,(H,21,23). The van der Waals surface area contributed by atoms with Crippen LogP contribution in [0.3, 0.4) is 0 Å². The van der Waals surface area contributed by atoms with Crippen LogP contribution in [0, 0.1) is 6.92 Å². The van der Waals surface area contributed by atoms with Crippen LogP contribution in [0.25, 0.3) is 0 Å². The first-order chi connectivity index (χ1) is 12.7. The first-order valence-corrected chi connectivity index (χ1v) is 9.33. The minimum absolute atomic E-state index is 0.208. The van der Waals surface area contributed by atoms with Gasteiger partial charge in [-0.15, -0.1) is 11.3 Å². The van der Waals surface area contributed by atoms with E-state index in [9.17, 15) is 14.4 Å². The molecule has 0 saturated carbocycles. The molecule has 1 heterocycles. The normalized spacial score (nSPS) is 10.6. The van der Waals surface area contributed by atoms with E-state index in [0.717, 1.165) is 16.9 Å². The third-order valence-electron chi connectivity index (χ3n) is 4.20. The summed E-state index contributed by atoms with van der Waals surface area (Å²) in [5.41, 5.74) is 2.31. The Morgan fingerprint density at radius 1 is 1.11 bits per heavy atom. The molecular weight excluding hydrogens is 364 g/mol. The highest BCUT2D eigenvalue weighted by atomic mass is 32.1. The average molecular weight is 388 g/mol. The van der Waals surface area contributed by atoms with E-state index in [2.05, 4.69) is 19.2 Å². The van der Waals surface area contributed by atoms with Gasteiger partial charge in [0.1, 0.15) is 5.00 Å². The Morgan fingerprint density at radius 3 is 2.19 bits per heavy atom. The van der Waals surface area contributed by atoms with Crippen molar-refractivity contribution in [1.29, 1.82) is 0 Å². The molecule has 6 nitrogen and oxygen atoms in total. The van der Waals surface area contributed by atoms with Gasteiger partial charge in [0.05, 0.1) is 17.6 Å². The van der Waals surface area contributed by atoms with Gasteiger partial charge in [-0.25, -0.2) is 4.79 Å². The molecule has 1 aromatic heterocycles. The number of rotatable bonds is 5. The fraction of sp³-hybridized carbons (Fsp3) is 0.350. The Hall–Kier alpha value is -2.67. The average Bonchev–Trinajstić information content (AvgIpc) is 2.96. The van der Waals surface area contributed by atoms with E-state index < -0.39 is 5.97 Å². The van der Waals surface area contributed by atoms with Crippen molar-refractivity contribution < 1.29 is 19.1 Å². The van der Waals surface area contributed by atoms with E-state index in [1.807, 2.05) is 12.1 Å². The quantitative estimate of drug-likeness (QED) is 0.788. The molecule has 0 fully saturated rings. The number of carbonyl (C=O) groups excluding carboxylic acids is 3. The summed E-state index contributed by atoms with van der Waals surface area (Å²) >= 11 is 1.07. The zero-order valence-electron chi connectivity index (χ0n) is 16.4. The highest BCUT2D eigenvalue weighted by Crippen LogP contribution is 2.34. The van der Waals surface area contributed by atoms with Crippen LogP contribution in [0.4, 0.5) is 5.00 Å². The lowest BCUT2D eigenvalue weighted by Crippen LogP contribution is -2.21. The van der Waals surface area contributed by atoms with Crippen LogP contribution < -0.4 is 5.32 Å². The summed E-state index contributed by atoms with van der Waals surface area (Å²) in [6.07, 6.45) is 0. The van der Waals surface area contributed by atoms with Crippen LogP contribution in [0.2, 0.25) is 0 Å². The van der Waals surface area contributed by atoms with Crippen LogP contribution in [-0.2, 0) is 4.74 Å². The van der Waals surface area contributed by atoms with Crippen molar-refractivity contribution in [2.24, 2.45) is 0 Å². The van der Waals surface area contributed by atoms with Crippen molar-refractivity contribution in [1.82, 2.24) is 4.90 Å². The summed E-state index contributed by atoms with van der Waals surface area (Å²) < 4.78 is 4.83. The van der Waals surface area contributed by atoms with Gasteiger partial charge in [0, 0.05) is 19.7 Å². The summed E-state index contributed by atoms with van der Waals surface area (Å²) in [6, 6.07) is 7.30. The SMILES string of the molecule is COC(=O)c1c(NC(=O)c2ccc(C(C)C)cc2)sc(C(=O)N(C)C)c1C. The Balaban J connectivity index is 2.39. The number of carbonyl (C=O) groups is 3. The Kier molecular flexibility index (Phi) is 6.38. The lowest BCUT2D eigenvalue weighted by atomic mass is 10.0. The maximum atomic E-state index is 12.6.